The molecule has 0 spiro atoms. The van der Waals surface area contributed by atoms with Crippen molar-refractivity contribution in [1.29, 1.82) is 1.43 Å². The van der Waals surface area contributed by atoms with Crippen LogP contribution in [0.5, 0.6) is 0 Å². The summed E-state index contributed by atoms with van der Waals surface area (Å²) in [4.78, 5) is 10.4. The maximum atomic E-state index is 10.4. The summed E-state index contributed by atoms with van der Waals surface area (Å²) in [5, 5.41) is 3.77. The van der Waals surface area contributed by atoms with Gasteiger partial charge in [-0.3, -0.25) is 4.79 Å². The Bertz CT molecular complexity index is 113. The van der Waals surface area contributed by atoms with E-state index in [0.29, 0.717) is 12.3 Å². The number of carboxylic acids is 1. The lowest BCUT2D eigenvalue weighted by atomic mass is 10.1. The van der Waals surface area contributed by atoms with Crippen LogP contribution in [0.3, 0.4) is 0 Å². The second kappa shape index (κ2) is 5.27. The summed E-state index contributed by atoms with van der Waals surface area (Å²) in [6.07, 6.45) is 3.42. The highest BCUT2D eigenvalue weighted by Crippen LogP contribution is 2.07. The third kappa shape index (κ3) is 7.47. The number of hydrogen-bond donors (Lipinski definition) is 1. The minimum absolute atomic E-state index is 0.385. The molecule has 0 atom stereocenters. The largest absolute Gasteiger partial charge is 0.481 e. The molecule has 0 heterocycles. The topological polar surface area (TPSA) is 37.3 Å². The molecule has 0 aromatic carbocycles. The van der Waals surface area contributed by atoms with Crippen LogP contribution in [0.4, 0.5) is 0 Å². The summed E-state index contributed by atoms with van der Waals surface area (Å²) >= 11 is 0. The van der Waals surface area contributed by atoms with Crippen LogP contribution in [-0.4, -0.2) is 11.1 Å². The van der Waals surface area contributed by atoms with E-state index < -0.39 is 5.97 Å². The van der Waals surface area contributed by atoms with Gasteiger partial charge in [0.2, 0.25) is 0 Å². The summed E-state index contributed by atoms with van der Waals surface area (Å²) in [6, 6.07) is 0. The molecule has 0 amide bonds. The van der Waals surface area contributed by atoms with Crippen LogP contribution in [0.15, 0.2) is 0 Å². The molecule has 10 heavy (non-hydrogen) atoms. The maximum Gasteiger partial charge on any atom is 0.303 e. The summed E-state index contributed by atoms with van der Waals surface area (Å²) < 4.78 is 6.28. The van der Waals surface area contributed by atoms with Crippen molar-refractivity contribution in [2.75, 3.05) is 0 Å². The Hall–Kier alpha value is -0.530. The Morgan fingerprint density at radius 1 is 1.60 bits per heavy atom. The average Bonchev–Trinajstić information content (AvgIpc) is 1.97. The quantitative estimate of drug-likeness (QED) is 0.602. The molecule has 0 saturated heterocycles. The predicted molar refractivity (Wildman–Crippen MR) is 40.9 cm³/mol. The molecule has 0 aromatic rings. The summed E-state index contributed by atoms with van der Waals surface area (Å²) in [6.45, 7) is 4.31. The molecular formula is C8H16O2. The fraction of sp³-hybridized carbons (Fsp3) is 0.875. The van der Waals surface area contributed by atoms with Gasteiger partial charge in [-0.1, -0.05) is 26.7 Å². The van der Waals surface area contributed by atoms with Crippen molar-refractivity contribution in [1.82, 2.24) is 0 Å². The maximum absolute atomic E-state index is 10.4. The first-order valence-electron chi connectivity index (χ1n) is 4.23. The van der Waals surface area contributed by atoms with E-state index in [1.165, 1.54) is 0 Å². The van der Waals surface area contributed by atoms with Gasteiger partial charge < -0.3 is 5.11 Å². The molecular weight excluding hydrogens is 128 g/mol. The molecule has 0 aliphatic carbocycles. The van der Waals surface area contributed by atoms with Gasteiger partial charge in [0, 0.05) is 6.42 Å². The number of carbonyl (C=O) groups is 1. The van der Waals surface area contributed by atoms with Crippen LogP contribution >= 0.6 is 0 Å². The zero-order chi connectivity index (χ0) is 8.69. The number of unbranched alkanes of at least 4 members (excludes halogenated alkanes) is 1. The Balaban J connectivity index is 3.08. The van der Waals surface area contributed by atoms with Crippen LogP contribution in [0.1, 0.15) is 39.5 Å². The Kier molecular flexibility index (Phi) is 3.99. The minimum atomic E-state index is -0.422. The number of hydrogen-bond acceptors (Lipinski definition) is 2. The van der Waals surface area contributed by atoms with Gasteiger partial charge >= 0.3 is 5.97 Å². The van der Waals surface area contributed by atoms with Crippen LogP contribution in [0.2, 0.25) is 0 Å². The lowest BCUT2D eigenvalue weighted by Crippen LogP contribution is -1.94. The normalized spacial score (nSPS) is 11.3. The van der Waals surface area contributed by atoms with Crippen LogP contribution < -0.4 is 0 Å². The van der Waals surface area contributed by atoms with Crippen molar-refractivity contribution < 1.29 is 9.90 Å². The molecule has 0 radical (unpaired) electrons. The monoisotopic (exact) mass is 145 g/mol. The molecule has 60 valence electrons. The third-order valence-corrected chi connectivity index (χ3v) is 1.41. The molecule has 0 bridgehead atoms. The second-order valence-corrected chi connectivity index (χ2v) is 3.01. The highest BCUT2D eigenvalue weighted by molar-refractivity contribution is 5.66. The molecule has 0 aromatic heterocycles. The summed E-state index contributed by atoms with van der Waals surface area (Å²) in [7, 11) is 0. The van der Waals surface area contributed by atoms with E-state index in [2.05, 4.69) is 19.0 Å². The lowest BCUT2D eigenvalue weighted by Gasteiger charge is -2.01. The summed E-state index contributed by atoms with van der Waals surface area (Å²) in [5.41, 5.74) is 0. The first-order valence-corrected chi connectivity index (χ1v) is 3.82. The van der Waals surface area contributed by atoms with E-state index in [-0.39, 0.29) is 0 Å². The molecule has 1 N–H and O–H groups in total. The highest BCUT2D eigenvalue weighted by Gasteiger charge is 1.97. The van der Waals surface area contributed by atoms with Gasteiger partial charge in [0.1, 0.15) is 0 Å². The molecule has 2 nitrogen and oxygen atoms in total. The standard InChI is InChI=1S/C8H16O2/c1-7(2)5-3-4-6-8(9)10/h7H,3-6H2,1-2H3,(H,9,10)/i/hD. The molecule has 0 rings (SSSR count). The molecule has 0 saturated carbocycles. The zero-order valence-corrected chi connectivity index (χ0v) is 6.72. The van der Waals surface area contributed by atoms with Crippen molar-refractivity contribution in [3.63, 3.8) is 0 Å². The van der Waals surface area contributed by atoms with Crippen molar-refractivity contribution in [2.45, 2.75) is 39.5 Å². The molecule has 0 aliphatic heterocycles. The molecule has 2 heteroatoms. The minimum Gasteiger partial charge on any atom is -0.481 e. The first-order chi connectivity index (χ1) is 5.16. The average molecular weight is 145 g/mol. The predicted octanol–water partition coefficient (Wildman–Crippen LogP) is 2.29. The second-order valence-electron chi connectivity index (χ2n) is 3.01. The van der Waals surface area contributed by atoms with Crippen molar-refractivity contribution in [3.8, 4) is 0 Å². The molecule has 0 fully saturated rings. The van der Waals surface area contributed by atoms with Gasteiger partial charge in [-0.05, 0) is 12.3 Å². The van der Waals surface area contributed by atoms with Gasteiger partial charge in [-0.15, -0.1) is 0 Å². The van der Waals surface area contributed by atoms with E-state index in [1.807, 2.05) is 0 Å². The number of carboxylic acid groups (broad SMARTS) is 1. The van der Waals surface area contributed by atoms with Crippen molar-refractivity contribution >= 4 is 5.97 Å². The SMILES string of the molecule is [2H]OC(=O)CCCCC(C)C. The van der Waals surface area contributed by atoms with E-state index in [0.717, 1.165) is 19.3 Å². The fourth-order valence-corrected chi connectivity index (χ4v) is 0.822. The van der Waals surface area contributed by atoms with E-state index >= 15 is 0 Å². The summed E-state index contributed by atoms with van der Waals surface area (Å²) in [5.74, 6) is 0.274. The number of rotatable bonds is 5. The van der Waals surface area contributed by atoms with E-state index in [1.54, 1.807) is 0 Å². The smallest absolute Gasteiger partial charge is 0.303 e. The van der Waals surface area contributed by atoms with E-state index in [9.17, 15) is 4.79 Å². The van der Waals surface area contributed by atoms with Gasteiger partial charge in [-0.2, -0.15) is 0 Å². The lowest BCUT2D eigenvalue weighted by molar-refractivity contribution is -0.137. The Morgan fingerprint density at radius 2 is 2.30 bits per heavy atom. The highest BCUT2D eigenvalue weighted by atomic mass is 16.4. The first kappa shape index (κ1) is 7.58. The van der Waals surface area contributed by atoms with Gasteiger partial charge in [0.15, 0.2) is 0 Å². The molecule has 0 unspecified atom stereocenters. The van der Waals surface area contributed by atoms with Crippen LogP contribution in [0.25, 0.3) is 1.43 Å². The van der Waals surface area contributed by atoms with Gasteiger partial charge in [0.25, 0.3) is 1.43 Å². The fourth-order valence-electron chi connectivity index (χ4n) is 0.822. The van der Waals surface area contributed by atoms with Gasteiger partial charge in [-0.25, -0.2) is 0 Å². The Morgan fingerprint density at radius 3 is 2.80 bits per heavy atom. The van der Waals surface area contributed by atoms with Crippen LogP contribution in [0, 0.1) is 5.92 Å². The number of aliphatic carboxylic acids is 1. The van der Waals surface area contributed by atoms with Crippen LogP contribution in [-0.2, 0) is 4.79 Å². The van der Waals surface area contributed by atoms with Crippen molar-refractivity contribution in [2.24, 2.45) is 5.92 Å². The van der Waals surface area contributed by atoms with E-state index in [4.69, 9.17) is 1.43 Å². The molecule has 0 aliphatic rings. The zero-order valence-electron chi connectivity index (χ0n) is 7.72. The van der Waals surface area contributed by atoms with Gasteiger partial charge in [0.05, 0.1) is 0 Å². The third-order valence-electron chi connectivity index (χ3n) is 1.41. The van der Waals surface area contributed by atoms with Crippen molar-refractivity contribution in [3.05, 3.63) is 0 Å². The Labute approximate surface area is 63.7 Å².